The van der Waals surface area contributed by atoms with Crippen LogP contribution in [0.1, 0.15) is 37.5 Å². The van der Waals surface area contributed by atoms with Crippen LogP contribution in [0.15, 0.2) is 65.8 Å². The number of nitrogens with zero attached hydrogens (tertiary/aromatic N) is 1. The second-order valence-electron chi connectivity index (χ2n) is 7.82. The van der Waals surface area contributed by atoms with E-state index in [4.69, 9.17) is 4.74 Å². The van der Waals surface area contributed by atoms with Crippen molar-refractivity contribution in [3.8, 4) is 5.75 Å². The summed E-state index contributed by atoms with van der Waals surface area (Å²) in [6, 6.07) is 20.1. The first-order valence-electron chi connectivity index (χ1n) is 9.35. The van der Waals surface area contributed by atoms with Crippen LogP contribution < -0.4 is 10.2 Å². The van der Waals surface area contributed by atoms with Gasteiger partial charge in [0, 0.05) is 5.56 Å². The van der Waals surface area contributed by atoms with Crippen LogP contribution in [0.3, 0.4) is 0 Å². The Labute approximate surface area is 166 Å². The summed E-state index contributed by atoms with van der Waals surface area (Å²) in [7, 11) is 1.63. The van der Waals surface area contributed by atoms with Crippen molar-refractivity contribution < 1.29 is 9.53 Å². The molecule has 0 aliphatic heterocycles. The zero-order chi connectivity index (χ0) is 20.1. The van der Waals surface area contributed by atoms with Gasteiger partial charge >= 0.3 is 0 Å². The molecule has 0 saturated carbocycles. The van der Waals surface area contributed by atoms with Crippen molar-refractivity contribution in [2.24, 2.45) is 5.10 Å². The van der Waals surface area contributed by atoms with E-state index < -0.39 is 0 Å². The maximum Gasteiger partial charge on any atom is 0.244 e. The highest BCUT2D eigenvalue weighted by atomic mass is 16.5. The summed E-state index contributed by atoms with van der Waals surface area (Å²) < 4.78 is 5.44. The molecule has 0 aliphatic carbocycles. The van der Waals surface area contributed by atoms with E-state index in [0.29, 0.717) is 0 Å². The minimum Gasteiger partial charge on any atom is -0.496 e. The van der Waals surface area contributed by atoms with E-state index in [1.807, 2.05) is 48.5 Å². The zero-order valence-corrected chi connectivity index (χ0v) is 16.8. The van der Waals surface area contributed by atoms with E-state index in [9.17, 15) is 4.79 Å². The number of methoxy groups -OCH3 is 1. The highest BCUT2D eigenvalue weighted by Crippen LogP contribution is 2.26. The molecule has 0 radical (unpaired) electrons. The lowest BCUT2D eigenvalue weighted by Gasteiger charge is -2.19. The molecular formula is C24H26N2O2. The molecule has 1 amide bonds. The van der Waals surface area contributed by atoms with Crippen LogP contribution in [0, 0.1) is 0 Å². The third-order valence-corrected chi connectivity index (χ3v) is 4.72. The Morgan fingerprint density at radius 3 is 2.43 bits per heavy atom. The predicted molar refractivity (Wildman–Crippen MR) is 115 cm³/mol. The van der Waals surface area contributed by atoms with Gasteiger partial charge in [-0.15, -0.1) is 0 Å². The molecule has 144 valence electrons. The van der Waals surface area contributed by atoms with Gasteiger partial charge in [0.05, 0.1) is 19.7 Å². The molecule has 3 aromatic carbocycles. The van der Waals surface area contributed by atoms with Crippen LogP contribution >= 0.6 is 0 Å². The number of nitrogens with one attached hydrogen (secondary N) is 1. The van der Waals surface area contributed by atoms with E-state index in [2.05, 4.69) is 43.4 Å². The molecule has 0 spiro atoms. The summed E-state index contributed by atoms with van der Waals surface area (Å²) in [6.45, 7) is 6.51. The first kappa shape index (κ1) is 19.6. The number of rotatable bonds is 5. The monoisotopic (exact) mass is 374 g/mol. The molecule has 1 N–H and O–H groups in total. The Bertz CT molecular complexity index is 999. The van der Waals surface area contributed by atoms with Gasteiger partial charge in [0.25, 0.3) is 0 Å². The van der Waals surface area contributed by atoms with Crippen molar-refractivity contribution in [3.05, 3.63) is 77.4 Å². The lowest BCUT2D eigenvalue weighted by molar-refractivity contribution is -0.120. The number of benzene rings is 3. The first-order chi connectivity index (χ1) is 13.4. The number of hydrazone groups is 1. The van der Waals surface area contributed by atoms with Gasteiger partial charge in [0.15, 0.2) is 0 Å². The molecule has 0 bridgehead atoms. The smallest absolute Gasteiger partial charge is 0.244 e. The Morgan fingerprint density at radius 1 is 1.04 bits per heavy atom. The van der Waals surface area contributed by atoms with E-state index >= 15 is 0 Å². The fourth-order valence-corrected chi connectivity index (χ4v) is 3.10. The fraction of sp³-hybridized carbons (Fsp3) is 0.250. The van der Waals surface area contributed by atoms with Crippen molar-refractivity contribution in [2.45, 2.75) is 32.6 Å². The molecule has 4 heteroatoms. The van der Waals surface area contributed by atoms with Crippen molar-refractivity contribution in [1.29, 1.82) is 0 Å². The number of hydrogen-bond donors (Lipinski definition) is 1. The summed E-state index contributed by atoms with van der Waals surface area (Å²) in [4.78, 5) is 12.2. The summed E-state index contributed by atoms with van der Waals surface area (Å²) in [5, 5.41) is 6.27. The van der Waals surface area contributed by atoms with Crippen molar-refractivity contribution >= 4 is 22.9 Å². The van der Waals surface area contributed by atoms with E-state index in [0.717, 1.165) is 27.6 Å². The average molecular weight is 374 g/mol. The normalized spacial score (nSPS) is 11.7. The first-order valence-corrected chi connectivity index (χ1v) is 9.35. The highest BCUT2D eigenvalue weighted by Gasteiger charge is 2.13. The van der Waals surface area contributed by atoms with Crippen molar-refractivity contribution in [3.63, 3.8) is 0 Å². The van der Waals surface area contributed by atoms with E-state index in [1.165, 1.54) is 5.56 Å². The van der Waals surface area contributed by atoms with Crippen LogP contribution in [0.4, 0.5) is 0 Å². The van der Waals surface area contributed by atoms with Crippen molar-refractivity contribution in [2.75, 3.05) is 7.11 Å². The molecular weight excluding hydrogens is 348 g/mol. The van der Waals surface area contributed by atoms with E-state index in [1.54, 1.807) is 13.3 Å². The van der Waals surface area contributed by atoms with Crippen LogP contribution in [0.25, 0.3) is 10.8 Å². The van der Waals surface area contributed by atoms with Gasteiger partial charge in [0.2, 0.25) is 5.91 Å². The Morgan fingerprint density at radius 2 is 1.75 bits per heavy atom. The third-order valence-electron chi connectivity index (χ3n) is 4.72. The minimum absolute atomic E-state index is 0.0998. The van der Waals surface area contributed by atoms with E-state index in [-0.39, 0.29) is 17.7 Å². The summed E-state index contributed by atoms with van der Waals surface area (Å²) >= 11 is 0. The number of amides is 1. The van der Waals surface area contributed by atoms with Gasteiger partial charge in [-0.2, -0.15) is 5.10 Å². The van der Waals surface area contributed by atoms with Gasteiger partial charge in [0.1, 0.15) is 5.75 Å². The maximum atomic E-state index is 12.2. The number of fused-ring (bicyclic) bond motifs is 1. The predicted octanol–water partition coefficient (Wildman–Crippen LogP) is 4.84. The molecule has 0 aromatic heterocycles. The second-order valence-corrected chi connectivity index (χ2v) is 7.82. The quantitative estimate of drug-likeness (QED) is 0.513. The molecule has 0 heterocycles. The minimum atomic E-state index is -0.154. The van der Waals surface area contributed by atoms with Gasteiger partial charge in [-0.25, -0.2) is 5.43 Å². The number of carbonyl (C=O) groups excluding carboxylic acids is 1. The van der Waals surface area contributed by atoms with Gasteiger partial charge < -0.3 is 4.74 Å². The largest absolute Gasteiger partial charge is 0.496 e. The zero-order valence-electron chi connectivity index (χ0n) is 16.8. The molecule has 0 unspecified atom stereocenters. The lowest BCUT2D eigenvalue weighted by atomic mass is 9.86. The number of ether oxygens (including phenoxy) is 1. The molecule has 0 aliphatic rings. The van der Waals surface area contributed by atoms with Gasteiger partial charge in [-0.1, -0.05) is 75.4 Å². The lowest BCUT2D eigenvalue weighted by Crippen LogP contribution is -2.20. The Balaban J connectivity index is 1.69. The molecule has 0 fully saturated rings. The molecule has 4 nitrogen and oxygen atoms in total. The summed E-state index contributed by atoms with van der Waals surface area (Å²) in [5.74, 6) is 0.563. The van der Waals surface area contributed by atoms with Gasteiger partial charge in [-0.3, -0.25) is 4.79 Å². The Hall–Kier alpha value is -3.14. The maximum absolute atomic E-state index is 12.2. The third kappa shape index (κ3) is 4.58. The summed E-state index contributed by atoms with van der Waals surface area (Å²) in [6.07, 6.45) is 1.93. The van der Waals surface area contributed by atoms with Crippen LogP contribution in [-0.4, -0.2) is 19.2 Å². The van der Waals surface area contributed by atoms with Crippen LogP contribution in [-0.2, 0) is 16.6 Å². The molecule has 28 heavy (non-hydrogen) atoms. The fourth-order valence-electron chi connectivity index (χ4n) is 3.10. The second kappa shape index (κ2) is 8.26. The van der Waals surface area contributed by atoms with Gasteiger partial charge in [-0.05, 0) is 33.4 Å². The molecule has 0 saturated heterocycles. The molecule has 3 rings (SSSR count). The molecule has 3 aromatic rings. The number of hydrogen-bond acceptors (Lipinski definition) is 3. The highest BCUT2D eigenvalue weighted by molar-refractivity contribution is 6.02. The summed E-state index contributed by atoms with van der Waals surface area (Å²) in [5.41, 5.74) is 5.77. The van der Waals surface area contributed by atoms with Crippen molar-refractivity contribution in [1.82, 2.24) is 5.43 Å². The average Bonchev–Trinajstić information content (AvgIpc) is 2.67. The topological polar surface area (TPSA) is 50.7 Å². The standard InChI is InChI=1S/C24H26N2O2/c1-24(2,3)19-12-9-17(10-13-19)15-23(27)26-25-16-21-20-8-6-5-7-18(20)11-14-22(21)28-4/h5-14,16H,15H2,1-4H3,(H,26,27). The van der Waals surface area contributed by atoms with Crippen LogP contribution in [0.5, 0.6) is 5.75 Å². The van der Waals surface area contributed by atoms with Crippen LogP contribution in [0.2, 0.25) is 0 Å². The molecule has 0 atom stereocenters. The SMILES string of the molecule is COc1ccc2ccccc2c1C=NNC(=O)Cc1ccc(C(C)(C)C)cc1. The Kier molecular flexibility index (Phi) is 5.78. The number of carbonyl (C=O) groups is 1.